The number of hydrogen-bond donors (Lipinski definition) is 2. The molecule has 2 atom stereocenters. The summed E-state index contributed by atoms with van der Waals surface area (Å²) in [5.41, 5.74) is -0.957. The van der Waals surface area contributed by atoms with Crippen molar-refractivity contribution >= 4 is 34.1 Å². The zero-order valence-corrected chi connectivity index (χ0v) is 14.0. The Morgan fingerprint density at radius 1 is 1.21 bits per heavy atom. The lowest BCUT2D eigenvalue weighted by Crippen LogP contribution is -2.39. The minimum Gasteiger partial charge on any atom is -0.387 e. The second-order valence-corrected chi connectivity index (χ2v) is 6.72. The molecule has 3 nitrogen and oxygen atoms in total. The predicted octanol–water partition coefficient (Wildman–Crippen LogP) is 4.74. The molecular weight excluding hydrogens is 364 g/mol. The summed E-state index contributed by atoms with van der Waals surface area (Å²) >= 11 is 12.0. The first-order valence-electron chi connectivity index (χ1n) is 7.55. The van der Waals surface area contributed by atoms with Crippen molar-refractivity contribution in [3.05, 3.63) is 39.5 Å². The van der Waals surface area contributed by atoms with E-state index in [-0.39, 0.29) is 27.2 Å². The van der Waals surface area contributed by atoms with Crippen molar-refractivity contribution in [3.8, 4) is 0 Å². The molecule has 2 N–H and O–H groups in total. The summed E-state index contributed by atoms with van der Waals surface area (Å²) in [6, 6.07) is 3.39. The molecule has 0 bridgehead atoms. The van der Waals surface area contributed by atoms with Crippen molar-refractivity contribution in [2.45, 2.75) is 37.6 Å². The van der Waals surface area contributed by atoms with E-state index in [1.54, 1.807) is 0 Å². The number of aliphatic hydroxyl groups is 1. The van der Waals surface area contributed by atoms with Gasteiger partial charge in [0.25, 0.3) is 0 Å². The summed E-state index contributed by atoms with van der Waals surface area (Å²) < 4.78 is 39.6. The van der Waals surface area contributed by atoms with Gasteiger partial charge < -0.3 is 10.4 Å². The van der Waals surface area contributed by atoms with Crippen LogP contribution in [0.3, 0.4) is 0 Å². The van der Waals surface area contributed by atoms with Gasteiger partial charge in [-0.15, -0.1) is 0 Å². The highest BCUT2D eigenvalue weighted by Gasteiger charge is 2.35. The number of nitrogens with one attached hydrogen (secondary N) is 1. The molecule has 1 aliphatic rings. The van der Waals surface area contributed by atoms with Crippen molar-refractivity contribution < 1.29 is 18.3 Å². The molecule has 0 saturated carbocycles. The van der Waals surface area contributed by atoms with Crippen LogP contribution in [0, 0.1) is 0 Å². The minimum absolute atomic E-state index is 0.0132. The molecule has 3 rings (SSSR count). The number of aromatic nitrogens is 1. The van der Waals surface area contributed by atoms with Gasteiger partial charge in [0.05, 0.1) is 16.6 Å². The average Bonchev–Trinajstić information content (AvgIpc) is 2.53. The lowest BCUT2D eigenvalue weighted by molar-refractivity contribution is -0.141. The number of nitrogens with zero attached hydrogens (tertiary/aromatic N) is 1. The number of benzene rings is 1. The molecule has 0 radical (unpaired) electrons. The predicted molar refractivity (Wildman–Crippen MR) is 87.4 cm³/mol. The van der Waals surface area contributed by atoms with Crippen LogP contribution in [0.4, 0.5) is 13.2 Å². The van der Waals surface area contributed by atoms with Gasteiger partial charge in [-0.1, -0.05) is 29.6 Å². The zero-order chi connectivity index (χ0) is 17.5. The summed E-state index contributed by atoms with van der Waals surface area (Å²) in [4.78, 5) is 3.63. The van der Waals surface area contributed by atoms with E-state index in [0.717, 1.165) is 25.5 Å². The largest absolute Gasteiger partial charge is 0.433 e. The van der Waals surface area contributed by atoms with Crippen molar-refractivity contribution in [2.24, 2.45) is 0 Å². The van der Waals surface area contributed by atoms with Crippen LogP contribution in [-0.2, 0) is 6.18 Å². The van der Waals surface area contributed by atoms with E-state index in [1.165, 1.54) is 12.1 Å². The maximum atomic E-state index is 13.2. The van der Waals surface area contributed by atoms with Gasteiger partial charge in [-0.05, 0) is 43.1 Å². The highest BCUT2D eigenvalue weighted by Crippen LogP contribution is 2.38. The van der Waals surface area contributed by atoms with Gasteiger partial charge in [0.2, 0.25) is 0 Å². The molecule has 0 spiro atoms. The van der Waals surface area contributed by atoms with Gasteiger partial charge in [0, 0.05) is 16.5 Å². The van der Waals surface area contributed by atoms with E-state index in [4.69, 9.17) is 23.2 Å². The molecule has 130 valence electrons. The Morgan fingerprint density at radius 2 is 1.96 bits per heavy atom. The molecule has 2 heterocycles. The summed E-state index contributed by atoms with van der Waals surface area (Å²) in [5.74, 6) is 0. The van der Waals surface area contributed by atoms with Gasteiger partial charge >= 0.3 is 6.18 Å². The first-order chi connectivity index (χ1) is 11.3. The van der Waals surface area contributed by atoms with E-state index in [0.29, 0.717) is 11.8 Å². The molecular formula is C16H15Cl2F3N2O. The maximum absolute atomic E-state index is 13.2. The summed E-state index contributed by atoms with van der Waals surface area (Å²) in [6.45, 7) is 0.721. The number of rotatable bonds is 2. The molecule has 0 amide bonds. The monoisotopic (exact) mass is 378 g/mol. The molecule has 24 heavy (non-hydrogen) atoms. The standard InChI is InChI=1S/C16H15Cl2F3N2O/c17-8-5-9-10(15(24)12-3-1-2-4-22-12)7-13(16(19,20)21)23-14(9)11(18)6-8/h5-7,12,15,22,24H,1-4H2/t12-,15+/m0/s1. The third-order valence-electron chi connectivity index (χ3n) is 4.20. The van der Waals surface area contributed by atoms with Gasteiger partial charge in [0.1, 0.15) is 5.69 Å². The molecule has 0 unspecified atom stereocenters. The topological polar surface area (TPSA) is 45.2 Å². The van der Waals surface area contributed by atoms with Crippen LogP contribution >= 0.6 is 23.2 Å². The smallest absolute Gasteiger partial charge is 0.387 e. The Labute approximate surface area is 146 Å². The number of alkyl halides is 3. The molecule has 1 aromatic carbocycles. The number of hydrogen-bond acceptors (Lipinski definition) is 3. The molecule has 1 aliphatic heterocycles. The number of pyridine rings is 1. The van der Waals surface area contributed by atoms with Crippen LogP contribution in [0.2, 0.25) is 10.0 Å². The van der Waals surface area contributed by atoms with E-state index in [2.05, 4.69) is 10.3 Å². The van der Waals surface area contributed by atoms with Crippen molar-refractivity contribution in [1.82, 2.24) is 10.3 Å². The summed E-state index contributed by atoms with van der Waals surface area (Å²) in [7, 11) is 0. The SMILES string of the molecule is O[C@H](c1cc(C(F)(F)F)nc2c(Cl)cc(Cl)cc12)[C@@H]1CCCCN1. The highest BCUT2D eigenvalue weighted by atomic mass is 35.5. The number of piperidine rings is 1. The number of fused-ring (bicyclic) bond motifs is 1. The van der Waals surface area contributed by atoms with Crippen LogP contribution in [0.5, 0.6) is 0 Å². The number of halogens is 5. The van der Waals surface area contributed by atoms with Gasteiger partial charge in [0.15, 0.2) is 0 Å². The second kappa shape index (κ2) is 6.67. The van der Waals surface area contributed by atoms with Gasteiger partial charge in [-0.25, -0.2) is 4.98 Å². The minimum atomic E-state index is -4.63. The Balaban J connectivity index is 2.19. The first kappa shape index (κ1) is 17.7. The van der Waals surface area contributed by atoms with Crippen LogP contribution in [0.1, 0.15) is 36.6 Å². The van der Waals surface area contributed by atoms with Crippen molar-refractivity contribution in [3.63, 3.8) is 0 Å². The van der Waals surface area contributed by atoms with Crippen LogP contribution in [0.15, 0.2) is 18.2 Å². The maximum Gasteiger partial charge on any atom is 0.433 e. The Kier molecular flexibility index (Phi) is 4.93. The molecule has 0 aliphatic carbocycles. The number of aliphatic hydroxyl groups excluding tert-OH is 1. The van der Waals surface area contributed by atoms with Crippen LogP contribution in [-0.4, -0.2) is 22.7 Å². The van der Waals surface area contributed by atoms with E-state index in [1.807, 2.05) is 0 Å². The third-order valence-corrected chi connectivity index (χ3v) is 4.71. The first-order valence-corrected chi connectivity index (χ1v) is 8.31. The molecule has 1 saturated heterocycles. The van der Waals surface area contributed by atoms with Crippen LogP contribution in [0.25, 0.3) is 10.9 Å². The van der Waals surface area contributed by atoms with E-state index < -0.39 is 18.0 Å². The second-order valence-electron chi connectivity index (χ2n) is 5.88. The Morgan fingerprint density at radius 3 is 2.58 bits per heavy atom. The van der Waals surface area contributed by atoms with E-state index in [9.17, 15) is 18.3 Å². The lowest BCUT2D eigenvalue weighted by Gasteiger charge is -2.29. The quantitative estimate of drug-likeness (QED) is 0.793. The Bertz CT molecular complexity index is 761. The van der Waals surface area contributed by atoms with Gasteiger partial charge in [-0.3, -0.25) is 0 Å². The molecule has 8 heteroatoms. The fourth-order valence-electron chi connectivity index (χ4n) is 3.03. The zero-order valence-electron chi connectivity index (χ0n) is 12.5. The molecule has 1 fully saturated rings. The lowest BCUT2D eigenvalue weighted by atomic mass is 9.92. The highest BCUT2D eigenvalue weighted by molar-refractivity contribution is 6.38. The van der Waals surface area contributed by atoms with Crippen molar-refractivity contribution in [2.75, 3.05) is 6.54 Å². The average molecular weight is 379 g/mol. The third kappa shape index (κ3) is 3.47. The molecule has 1 aromatic heterocycles. The normalized spacial score (nSPS) is 20.3. The molecule has 2 aromatic rings. The van der Waals surface area contributed by atoms with Gasteiger partial charge in [-0.2, -0.15) is 13.2 Å². The van der Waals surface area contributed by atoms with Crippen molar-refractivity contribution in [1.29, 1.82) is 0 Å². The fourth-order valence-corrected chi connectivity index (χ4v) is 3.57. The fraction of sp³-hybridized carbons (Fsp3) is 0.438. The summed E-state index contributed by atoms with van der Waals surface area (Å²) in [6.07, 6.45) is -3.17. The van der Waals surface area contributed by atoms with Crippen LogP contribution < -0.4 is 5.32 Å². The Hall–Kier alpha value is -1.08. The van der Waals surface area contributed by atoms with E-state index >= 15 is 0 Å². The summed E-state index contributed by atoms with van der Waals surface area (Å²) in [5, 5.41) is 14.5.